The molecule has 0 aromatic rings. The molecule has 0 spiro atoms. The summed E-state index contributed by atoms with van der Waals surface area (Å²) in [6, 6.07) is 0.0324. The van der Waals surface area contributed by atoms with Gasteiger partial charge in [0.15, 0.2) is 0 Å². The Labute approximate surface area is 65.5 Å². The number of nitrogens with one attached hydrogen (secondary N) is 1. The third kappa shape index (κ3) is 2.58. The van der Waals surface area contributed by atoms with Gasteiger partial charge in [0.2, 0.25) is 0 Å². The molecule has 1 aliphatic rings. The first-order valence-electron chi connectivity index (χ1n) is 3.86. The lowest BCUT2D eigenvalue weighted by molar-refractivity contribution is -0.0924. The van der Waals surface area contributed by atoms with Gasteiger partial charge in [0.05, 0.1) is 0 Å². The van der Waals surface area contributed by atoms with Gasteiger partial charge in [0.25, 0.3) is 5.92 Å². The van der Waals surface area contributed by atoms with Gasteiger partial charge in [-0.2, -0.15) is 0 Å². The minimum Gasteiger partial charge on any atom is -0.313 e. The molecule has 0 heterocycles. The Balaban J connectivity index is 2.00. The van der Waals surface area contributed by atoms with E-state index >= 15 is 0 Å². The van der Waals surface area contributed by atoms with Crippen molar-refractivity contribution in [1.29, 1.82) is 0 Å². The average molecular weight is 161 g/mol. The molecule has 1 rings (SSSR count). The molecular weight excluding hydrogens is 148 g/mol. The van der Waals surface area contributed by atoms with E-state index in [0.717, 1.165) is 13.0 Å². The summed E-state index contributed by atoms with van der Waals surface area (Å²) in [5, 5.41) is 3.02. The molecule has 0 aromatic heterocycles. The molecule has 1 saturated carbocycles. The van der Waals surface area contributed by atoms with E-state index < -0.39 is 5.92 Å². The SMILES string of the molecule is C=CCCNC1CC(F)(F)C1. The molecule has 0 aromatic carbocycles. The van der Waals surface area contributed by atoms with Crippen LogP contribution in [0.3, 0.4) is 0 Å². The molecule has 1 fully saturated rings. The predicted molar refractivity (Wildman–Crippen MR) is 40.8 cm³/mol. The summed E-state index contributed by atoms with van der Waals surface area (Å²) in [6.07, 6.45) is 2.64. The highest BCUT2D eigenvalue weighted by Gasteiger charge is 2.44. The summed E-state index contributed by atoms with van der Waals surface area (Å²) in [4.78, 5) is 0. The van der Waals surface area contributed by atoms with Gasteiger partial charge in [0, 0.05) is 18.9 Å². The van der Waals surface area contributed by atoms with Crippen LogP contribution in [0.2, 0.25) is 0 Å². The van der Waals surface area contributed by atoms with Gasteiger partial charge >= 0.3 is 0 Å². The van der Waals surface area contributed by atoms with E-state index in [-0.39, 0.29) is 18.9 Å². The van der Waals surface area contributed by atoms with Crippen LogP contribution in [0, 0.1) is 0 Å². The Hall–Kier alpha value is -0.440. The fourth-order valence-corrected chi connectivity index (χ4v) is 1.20. The van der Waals surface area contributed by atoms with Crippen LogP contribution in [0.4, 0.5) is 8.78 Å². The quantitative estimate of drug-likeness (QED) is 0.491. The fraction of sp³-hybridized carbons (Fsp3) is 0.750. The van der Waals surface area contributed by atoms with Crippen molar-refractivity contribution < 1.29 is 8.78 Å². The summed E-state index contributed by atoms with van der Waals surface area (Å²) in [5.41, 5.74) is 0. The highest BCUT2D eigenvalue weighted by Crippen LogP contribution is 2.37. The highest BCUT2D eigenvalue weighted by molar-refractivity contribution is 4.91. The molecule has 0 unspecified atom stereocenters. The normalized spacial score (nSPS) is 22.7. The highest BCUT2D eigenvalue weighted by atomic mass is 19.3. The lowest BCUT2D eigenvalue weighted by Gasteiger charge is -2.35. The molecule has 0 amide bonds. The van der Waals surface area contributed by atoms with Crippen LogP contribution < -0.4 is 5.32 Å². The van der Waals surface area contributed by atoms with Crippen LogP contribution in [0.15, 0.2) is 12.7 Å². The molecular formula is C8H13F2N. The summed E-state index contributed by atoms with van der Waals surface area (Å²) in [5.74, 6) is -2.40. The van der Waals surface area contributed by atoms with Crippen molar-refractivity contribution in [3.63, 3.8) is 0 Å². The summed E-state index contributed by atoms with van der Waals surface area (Å²) < 4.78 is 24.5. The van der Waals surface area contributed by atoms with Crippen LogP contribution in [-0.4, -0.2) is 18.5 Å². The molecule has 0 radical (unpaired) electrons. The van der Waals surface area contributed by atoms with E-state index in [0.29, 0.717) is 0 Å². The number of hydrogen-bond donors (Lipinski definition) is 1. The zero-order chi connectivity index (χ0) is 8.32. The summed E-state index contributed by atoms with van der Waals surface area (Å²) in [6.45, 7) is 4.31. The van der Waals surface area contributed by atoms with E-state index in [1.807, 2.05) is 0 Å². The molecule has 3 heteroatoms. The van der Waals surface area contributed by atoms with Gasteiger partial charge in [-0.1, -0.05) is 6.08 Å². The van der Waals surface area contributed by atoms with Crippen molar-refractivity contribution in [2.45, 2.75) is 31.2 Å². The van der Waals surface area contributed by atoms with Gasteiger partial charge in [-0.25, -0.2) is 8.78 Å². The van der Waals surface area contributed by atoms with Crippen LogP contribution in [0.25, 0.3) is 0 Å². The Morgan fingerprint density at radius 1 is 1.55 bits per heavy atom. The van der Waals surface area contributed by atoms with E-state index in [1.54, 1.807) is 6.08 Å². The van der Waals surface area contributed by atoms with Gasteiger partial charge in [-0.15, -0.1) is 6.58 Å². The van der Waals surface area contributed by atoms with E-state index in [9.17, 15) is 8.78 Å². The van der Waals surface area contributed by atoms with Crippen LogP contribution in [-0.2, 0) is 0 Å². The average Bonchev–Trinajstić information content (AvgIpc) is 1.84. The molecule has 1 nitrogen and oxygen atoms in total. The van der Waals surface area contributed by atoms with Gasteiger partial charge < -0.3 is 5.32 Å². The summed E-state index contributed by atoms with van der Waals surface area (Å²) in [7, 11) is 0. The second-order valence-corrected chi connectivity index (χ2v) is 2.99. The van der Waals surface area contributed by atoms with Crippen molar-refractivity contribution >= 4 is 0 Å². The molecule has 0 bridgehead atoms. The fourth-order valence-electron chi connectivity index (χ4n) is 1.20. The predicted octanol–water partition coefficient (Wildman–Crippen LogP) is 1.95. The monoisotopic (exact) mass is 161 g/mol. The summed E-state index contributed by atoms with van der Waals surface area (Å²) >= 11 is 0. The van der Waals surface area contributed by atoms with Gasteiger partial charge in [0.1, 0.15) is 0 Å². The second-order valence-electron chi connectivity index (χ2n) is 2.99. The van der Waals surface area contributed by atoms with Crippen molar-refractivity contribution in [2.75, 3.05) is 6.54 Å². The maximum atomic E-state index is 12.2. The van der Waals surface area contributed by atoms with Crippen molar-refractivity contribution in [2.24, 2.45) is 0 Å². The molecule has 0 aliphatic heterocycles. The minimum absolute atomic E-state index is 0.00411. The lowest BCUT2D eigenvalue weighted by atomic mass is 9.88. The Bertz CT molecular complexity index is 137. The third-order valence-corrected chi connectivity index (χ3v) is 1.87. The van der Waals surface area contributed by atoms with Crippen LogP contribution >= 0.6 is 0 Å². The number of rotatable bonds is 4. The zero-order valence-corrected chi connectivity index (χ0v) is 6.45. The molecule has 64 valence electrons. The second kappa shape index (κ2) is 3.30. The first kappa shape index (κ1) is 8.65. The van der Waals surface area contributed by atoms with Crippen molar-refractivity contribution in [1.82, 2.24) is 5.32 Å². The number of hydrogen-bond acceptors (Lipinski definition) is 1. The minimum atomic E-state index is -2.40. The van der Waals surface area contributed by atoms with E-state index in [2.05, 4.69) is 11.9 Å². The zero-order valence-electron chi connectivity index (χ0n) is 6.45. The number of halogens is 2. The Morgan fingerprint density at radius 3 is 2.64 bits per heavy atom. The Morgan fingerprint density at radius 2 is 2.18 bits per heavy atom. The molecule has 1 aliphatic carbocycles. The molecule has 1 N–H and O–H groups in total. The van der Waals surface area contributed by atoms with Crippen LogP contribution in [0.1, 0.15) is 19.3 Å². The first-order chi connectivity index (χ1) is 5.14. The molecule has 11 heavy (non-hydrogen) atoms. The smallest absolute Gasteiger partial charge is 0.251 e. The topological polar surface area (TPSA) is 12.0 Å². The maximum absolute atomic E-state index is 12.2. The lowest BCUT2D eigenvalue weighted by Crippen LogP contribution is -2.48. The maximum Gasteiger partial charge on any atom is 0.251 e. The Kier molecular flexibility index (Phi) is 2.60. The molecule has 0 saturated heterocycles. The number of alkyl halides is 2. The standard InChI is InChI=1S/C8H13F2N/c1-2-3-4-11-7-5-8(9,10)6-7/h2,7,11H,1,3-6H2. The van der Waals surface area contributed by atoms with E-state index in [4.69, 9.17) is 0 Å². The largest absolute Gasteiger partial charge is 0.313 e. The van der Waals surface area contributed by atoms with Crippen LogP contribution in [0.5, 0.6) is 0 Å². The first-order valence-corrected chi connectivity index (χ1v) is 3.86. The van der Waals surface area contributed by atoms with Crippen molar-refractivity contribution in [3.05, 3.63) is 12.7 Å². The van der Waals surface area contributed by atoms with Gasteiger partial charge in [-0.3, -0.25) is 0 Å². The van der Waals surface area contributed by atoms with Crippen molar-refractivity contribution in [3.8, 4) is 0 Å². The third-order valence-electron chi connectivity index (χ3n) is 1.87. The van der Waals surface area contributed by atoms with Gasteiger partial charge in [-0.05, 0) is 13.0 Å². The molecule has 0 atom stereocenters. The van der Waals surface area contributed by atoms with E-state index in [1.165, 1.54) is 0 Å².